The maximum absolute atomic E-state index is 14.2. The minimum absolute atomic E-state index is 0.0589. The maximum atomic E-state index is 14.2. The van der Waals surface area contributed by atoms with Gasteiger partial charge in [0, 0.05) is 44.4 Å². The number of rotatable bonds is 6. The number of hydrogen-bond donors (Lipinski definition) is 1. The van der Waals surface area contributed by atoms with Gasteiger partial charge in [-0.05, 0) is 29.8 Å². The molecule has 1 saturated heterocycles. The van der Waals surface area contributed by atoms with Crippen LogP contribution in [0.15, 0.2) is 48.7 Å². The summed E-state index contributed by atoms with van der Waals surface area (Å²) < 4.78 is 59.3. The predicted octanol–water partition coefficient (Wildman–Crippen LogP) is 4.53. The summed E-state index contributed by atoms with van der Waals surface area (Å²) in [5.74, 6) is 1.32. The molecule has 1 amide bonds. The van der Waals surface area contributed by atoms with E-state index in [9.17, 15) is 18.0 Å². The Morgan fingerprint density at radius 2 is 1.72 bits per heavy atom. The zero-order chi connectivity index (χ0) is 27.7. The topological polar surface area (TPSA) is 81.1 Å². The molecule has 0 bridgehead atoms. The summed E-state index contributed by atoms with van der Waals surface area (Å²) in [6, 6.07) is 10.1. The van der Waals surface area contributed by atoms with Gasteiger partial charge < -0.3 is 29.3 Å². The Hall–Kier alpha value is -4.09. The largest absolute Gasteiger partial charge is 0.497 e. The van der Waals surface area contributed by atoms with E-state index in [0.29, 0.717) is 43.2 Å². The number of carbonyl (C=O) groups is 1. The van der Waals surface area contributed by atoms with E-state index in [0.717, 1.165) is 16.1 Å². The molecule has 2 aliphatic heterocycles. The van der Waals surface area contributed by atoms with Crippen molar-refractivity contribution in [2.75, 3.05) is 57.7 Å². The van der Waals surface area contributed by atoms with Gasteiger partial charge in [0.25, 0.3) is 5.91 Å². The fourth-order valence-electron chi connectivity index (χ4n) is 5.15. The van der Waals surface area contributed by atoms with Crippen LogP contribution in [0, 0.1) is 0 Å². The predicted molar refractivity (Wildman–Crippen MR) is 139 cm³/mol. The van der Waals surface area contributed by atoms with Gasteiger partial charge in [0.2, 0.25) is 0 Å². The van der Waals surface area contributed by atoms with Crippen LogP contribution in [0.1, 0.15) is 34.4 Å². The van der Waals surface area contributed by atoms with Gasteiger partial charge in [-0.2, -0.15) is 18.3 Å². The van der Waals surface area contributed by atoms with Crippen molar-refractivity contribution in [3.05, 3.63) is 59.8 Å². The van der Waals surface area contributed by atoms with E-state index in [1.807, 2.05) is 24.3 Å². The number of carbonyl (C=O) groups excluding carboxylic acids is 1. The number of nitrogens with zero attached hydrogens (tertiary/aromatic N) is 4. The van der Waals surface area contributed by atoms with Crippen LogP contribution in [0.3, 0.4) is 0 Å². The molecule has 5 rings (SSSR count). The van der Waals surface area contributed by atoms with Gasteiger partial charge in [-0.15, -0.1) is 0 Å². The van der Waals surface area contributed by atoms with E-state index in [1.54, 1.807) is 30.2 Å². The SMILES string of the molecule is COc1cccc(N2CCN(C(=O)c3cnn4c3N[C@H](c3ccc(OC)c(OC)c3)C[C@@H]4C(F)(F)F)CC2)c1. The molecule has 9 nitrogen and oxygen atoms in total. The molecule has 208 valence electrons. The minimum atomic E-state index is -4.56. The summed E-state index contributed by atoms with van der Waals surface area (Å²) in [5, 5.41) is 7.16. The van der Waals surface area contributed by atoms with Crippen molar-refractivity contribution in [3.8, 4) is 17.2 Å². The number of aromatic nitrogens is 2. The first-order chi connectivity index (χ1) is 18.7. The summed E-state index contributed by atoms with van der Waals surface area (Å²) >= 11 is 0. The lowest BCUT2D eigenvalue weighted by atomic mass is 9.96. The quantitative estimate of drug-likeness (QED) is 0.488. The number of anilines is 2. The molecule has 0 unspecified atom stereocenters. The Bertz CT molecular complexity index is 1340. The summed E-state index contributed by atoms with van der Waals surface area (Å²) in [4.78, 5) is 17.3. The third kappa shape index (κ3) is 5.15. The summed E-state index contributed by atoms with van der Waals surface area (Å²) in [5.41, 5.74) is 1.68. The van der Waals surface area contributed by atoms with E-state index in [-0.39, 0.29) is 23.7 Å². The highest BCUT2D eigenvalue weighted by Crippen LogP contribution is 2.45. The summed E-state index contributed by atoms with van der Waals surface area (Å²) in [7, 11) is 4.56. The van der Waals surface area contributed by atoms with Crippen molar-refractivity contribution in [2.45, 2.75) is 24.7 Å². The molecular weight excluding hydrogens is 515 g/mol. The molecule has 1 aromatic heterocycles. The van der Waals surface area contributed by atoms with E-state index < -0.39 is 18.3 Å². The van der Waals surface area contributed by atoms with Gasteiger partial charge in [-0.3, -0.25) is 4.79 Å². The number of halogens is 3. The van der Waals surface area contributed by atoms with Gasteiger partial charge in [0.15, 0.2) is 17.5 Å². The normalized spacial score (nSPS) is 19.2. The second-order valence-corrected chi connectivity index (χ2v) is 9.44. The number of methoxy groups -OCH3 is 3. The smallest absolute Gasteiger partial charge is 0.410 e. The molecule has 0 radical (unpaired) electrons. The molecule has 3 aromatic rings. The third-order valence-electron chi connectivity index (χ3n) is 7.26. The Kier molecular flexibility index (Phi) is 7.19. The second kappa shape index (κ2) is 10.6. The zero-order valence-corrected chi connectivity index (χ0v) is 21.9. The summed E-state index contributed by atoms with van der Waals surface area (Å²) in [6.07, 6.45) is -3.62. The molecule has 2 atom stereocenters. The van der Waals surface area contributed by atoms with Crippen LogP contribution in [0.5, 0.6) is 17.2 Å². The first kappa shape index (κ1) is 26.5. The van der Waals surface area contributed by atoms with Crippen molar-refractivity contribution in [3.63, 3.8) is 0 Å². The average molecular weight is 546 g/mol. The fourth-order valence-corrected chi connectivity index (χ4v) is 5.15. The van der Waals surface area contributed by atoms with Crippen molar-refractivity contribution in [1.82, 2.24) is 14.7 Å². The monoisotopic (exact) mass is 545 g/mol. The van der Waals surface area contributed by atoms with Crippen LogP contribution in [0.25, 0.3) is 0 Å². The fraction of sp³-hybridized carbons (Fsp3) is 0.407. The van der Waals surface area contributed by atoms with Crippen molar-refractivity contribution < 1.29 is 32.2 Å². The first-order valence-corrected chi connectivity index (χ1v) is 12.5. The number of nitrogens with one attached hydrogen (secondary N) is 1. The molecule has 12 heteroatoms. The van der Waals surface area contributed by atoms with Gasteiger partial charge in [0.05, 0.1) is 33.6 Å². The van der Waals surface area contributed by atoms with Crippen LogP contribution >= 0.6 is 0 Å². The van der Waals surface area contributed by atoms with Crippen LogP contribution < -0.4 is 24.4 Å². The van der Waals surface area contributed by atoms with Crippen molar-refractivity contribution in [1.29, 1.82) is 0 Å². The number of piperazine rings is 1. The number of hydrogen-bond acceptors (Lipinski definition) is 7. The molecule has 2 aliphatic rings. The Morgan fingerprint density at radius 1 is 0.974 bits per heavy atom. The lowest BCUT2D eigenvalue weighted by molar-refractivity contribution is -0.173. The number of ether oxygens (including phenoxy) is 3. The van der Waals surface area contributed by atoms with Crippen LogP contribution in [-0.2, 0) is 0 Å². The van der Waals surface area contributed by atoms with E-state index >= 15 is 0 Å². The molecule has 1 fully saturated rings. The van der Waals surface area contributed by atoms with E-state index in [2.05, 4.69) is 15.3 Å². The lowest BCUT2D eigenvalue weighted by Crippen LogP contribution is -2.49. The van der Waals surface area contributed by atoms with E-state index in [4.69, 9.17) is 14.2 Å². The maximum Gasteiger partial charge on any atom is 0.410 e. The van der Waals surface area contributed by atoms with Crippen LogP contribution in [0.4, 0.5) is 24.7 Å². The van der Waals surface area contributed by atoms with Crippen LogP contribution in [-0.4, -0.2) is 74.3 Å². The lowest BCUT2D eigenvalue weighted by Gasteiger charge is -2.37. The second-order valence-electron chi connectivity index (χ2n) is 9.44. The summed E-state index contributed by atoms with van der Waals surface area (Å²) in [6.45, 7) is 2.00. The average Bonchev–Trinajstić information content (AvgIpc) is 3.39. The Labute approximate surface area is 224 Å². The van der Waals surface area contributed by atoms with Gasteiger partial charge in [-0.25, -0.2) is 4.68 Å². The molecule has 39 heavy (non-hydrogen) atoms. The third-order valence-corrected chi connectivity index (χ3v) is 7.26. The Morgan fingerprint density at radius 3 is 2.38 bits per heavy atom. The Balaban J connectivity index is 1.38. The highest BCUT2D eigenvalue weighted by molar-refractivity contribution is 5.99. The van der Waals surface area contributed by atoms with Gasteiger partial charge in [0.1, 0.15) is 17.1 Å². The number of alkyl halides is 3. The highest BCUT2D eigenvalue weighted by Gasteiger charge is 2.47. The number of benzene rings is 2. The molecule has 0 saturated carbocycles. The number of fused-ring (bicyclic) bond motifs is 1. The highest BCUT2D eigenvalue weighted by atomic mass is 19.4. The standard InChI is InChI=1S/C27H30F3N5O4/c1-37-19-6-4-5-18(14-19)33-9-11-34(12-10-33)26(36)20-16-31-35-24(27(28,29)30)15-21(32-25(20)35)17-7-8-22(38-2)23(13-17)39-3/h4-8,13-14,16,21,24,32H,9-12,15H2,1-3H3/t21-,24+/m0/s1. The van der Waals surface area contributed by atoms with Gasteiger partial charge in [-0.1, -0.05) is 12.1 Å². The minimum Gasteiger partial charge on any atom is -0.497 e. The molecule has 0 aliphatic carbocycles. The number of amides is 1. The van der Waals surface area contributed by atoms with Gasteiger partial charge >= 0.3 is 6.18 Å². The molecule has 2 aromatic carbocycles. The van der Waals surface area contributed by atoms with Crippen molar-refractivity contribution >= 4 is 17.4 Å². The molecule has 3 heterocycles. The van der Waals surface area contributed by atoms with Crippen molar-refractivity contribution in [2.24, 2.45) is 0 Å². The molecular formula is C27H30F3N5O4. The molecule has 0 spiro atoms. The van der Waals surface area contributed by atoms with Crippen LogP contribution in [0.2, 0.25) is 0 Å². The zero-order valence-electron chi connectivity index (χ0n) is 21.9. The van der Waals surface area contributed by atoms with E-state index in [1.165, 1.54) is 20.4 Å². The molecule has 1 N–H and O–H groups in total. The first-order valence-electron chi connectivity index (χ1n) is 12.5.